The van der Waals surface area contributed by atoms with E-state index in [0.717, 1.165) is 18.5 Å². The number of benzene rings is 1. The van der Waals surface area contributed by atoms with Crippen molar-refractivity contribution in [1.29, 1.82) is 0 Å². The first-order valence-corrected chi connectivity index (χ1v) is 9.76. The number of aromatic nitrogens is 4. The third kappa shape index (κ3) is 3.98. The van der Waals surface area contributed by atoms with E-state index in [1.165, 1.54) is 18.2 Å². The van der Waals surface area contributed by atoms with Gasteiger partial charge in [0.25, 0.3) is 0 Å². The van der Waals surface area contributed by atoms with Crippen LogP contribution in [0.4, 0.5) is 0 Å². The highest BCUT2D eigenvalue weighted by molar-refractivity contribution is 8.00. The van der Waals surface area contributed by atoms with Gasteiger partial charge in [-0.1, -0.05) is 23.4 Å². The number of halogens is 1. The molecule has 134 valence electrons. The van der Waals surface area contributed by atoms with Crippen molar-refractivity contribution in [3.8, 4) is 5.69 Å². The number of carbonyl (C=O) groups excluding carboxylic acids is 1. The van der Waals surface area contributed by atoms with Crippen LogP contribution in [-0.2, 0) is 4.79 Å². The second-order valence-corrected chi connectivity index (χ2v) is 8.23. The molecule has 3 atom stereocenters. The molecule has 2 heterocycles. The molecule has 0 spiro atoms. The van der Waals surface area contributed by atoms with Gasteiger partial charge in [0.2, 0.25) is 11.1 Å². The number of thioether (sulfide) groups is 1. The zero-order valence-corrected chi connectivity index (χ0v) is 16.2. The Morgan fingerprint density at radius 1 is 1.24 bits per heavy atom. The molecular formula is C17H22ClN5OS. The van der Waals surface area contributed by atoms with Gasteiger partial charge in [-0.2, -0.15) is 4.68 Å². The van der Waals surface area contributed by atoms with Crippen LogP contribution in [0.3, 0.4) is 0 Å². The highest BCUT2D eigenvalue weighted by Gasteiger charge is 2.32. The van der Waals surface area contributed by atoms with Gasteiger partial charge in [0.15, 0.2) is 0 Å². The molecule has 2 aromatic rings. The van der Waals surface area contributed by atoms with Crippen LogP contribution in [0.2, 0.25) is 5.02 Å². The minimum Gasteiger partial charge on any atom is -0.336 e. The minimum absolute atomic E-state index is 0.148. The van der Waals surface area contributed by atoms with Crippen LogP contribution in [0.5, 0.6) is 0 Å². The lowest BCUT2D eigenvalue weighted by Gasteiger charge is -2.40. The van der Waals surface area contributed by atoms with E-state index in [4.69, 9.17) is 11.6 Å². The van der Waals surface area contributed by atoms with Gasteiger partial charge in [-0.05, 0) is 74.7 Å². The summed E-state index contributed by atoms with van der Waals surface area (Å²) < 4.78 is 1.63. The monoisotopic (exact) mass is 379 g/mol. The molecular weight excluding hydrogens is 358 g/mol. The summed E-state index contributed by atoms with van der Waals surface area (Å²) in [5.41, 5.74) is 0.816. The average molecular weight is 380 g/mol. The second-order valence-electron chi connectivity index (χ2n) is 6.48. The van der Waals surface area contributed by atoms with Gasteiger partial charge in [-0.3, -0.25) is 4.79 Å². The standard InChI is InChI=1S/C17H22ClN5OS/c1-11-5-4-6-12(2)22(11)16(24)13(3)25-17-19-20-21-23(17)15-9-7-14(18)8-10-15/h7-13H,4-6H2,1-3H3/t11-,12+,13-/m0/s1. The SMILES string of the molecule is C[C@H](Sc1nnnn1-c1ccc(Cl)cc1)C(=O)N1[C@H](C)CCC[C@@H]1C. The predicted molar refractivity (Wildman–Crippen MR) is 99.1 cm³/mol. The van der Waals surface area contributed by atoms with Crippen molar-refractivity contribution in [1.82, 2.24) is 25.1 Å². The van der Waals surface area contributed by atoms with Crippen LogP contribution in [-0.4, -0.2) is 48.3 Å². The molecule has 6 nitrogen and oxygen atoms in total. The fourth-order valence-corrected chi connectivity index (χ4v) is 4.26. The molecule has 25 heavy (non-hydrogen) atoms. The third-order valence-corrected chi connectivity index (χ3v) is 5.86. The maximum absolute atomic E-state index is 12.9. The van der Waals surface area contributed by atoms with Crippen LogP contribution in [0.1, 0.15) is 40.0 Å². The number of nitrogens with zero attached hydrogens (tertiary/aromatic N) is 5. The molecule has 1 fully saturated rings. The first-order chi connectivity index (χ1) is 12.0. The molecule has 8 heteroatoms. The number of hydrogen-bond acceptors (Lipinski definition) is 5. The average Bonchev–Trinajstić information content (AvgIpc) is 3.03. The summed E-state index contributed by atoms with van der Waals surface area (Å²) in [6.45, 7) is 6.17. The number of piperidine rings is 1. The highest BCUT2D eigenvalue weighted by atomic mass is 35.5. The number of hydrogen-bond donors (Lipinski definition) is 0. The zero-order chi connectivity index (χ0) is 18.0. The molecule has 1 amide bonds. The lowest BCUT2D eigenvalue weighted by molar-refractivity contribution is -0.136. The Bertz CT molecular complexity index is 725. The van der Waals surface area contributed by atoms with Crippen molar-refractivity contribution in [3.05, 3.63) is 29.3 Å². The first-order valence-electron chi connectivity index (χ1n) is 8.50. The number of rotatable bonds is 4. The summed E-state index contributed by atoms with van der Waals surface area (Å²) in [6, 6.07) is 7.85. The van der Waals surface area contributed by atoms with Crippen LogP contribution in [0.25, 0.3) is 5.69 Å². The van der Waals surface area contributed by atoms with Gasteiger partial charge in [0.05, 0.1) is 10.9 Å². The van der Waals surface area contributed by atoms with Crippen molar-refractivity contribution in [2.24, 2.45) is 0 Å². The fraction of sp³-hybridized carbons (Fsp3) is 0.529. The number of amides is 1. The Hall–Kier alpha value is -1.60. The van der Waals surface area contributed by atoms with Crippen LogP contribution in [0.15, 0.2) is 29.4 Å². The van der Waals surface area contributed by atoms with Crippen molar-refractivity contribution >= 4 is 29.3 Å². The zero-order valence-electron chi connectivity index (χ0n) is 14.6. The van der Waals surface area contributed by atoms with Crippen molar-refractivity contribution in [3.63, 3.8) is 0 Å². The summed E-state index contributed by atoms with van der Waals surface area (Å²) >= 11 is 7.32. The number of likely N-dealkylation sites (tertiary alicyclic amines) is 1. The summed E-state index contributed by atoms with van der Waals surface area (Å²) in [5, 5.41) is 12.9. The Morgan fingerprint density at radius 2 is 1.88 bits per heavy atom. The lowest BCUT2D eigenvalue weighted by Crippen LogP contribution is -2.50. The van der Waals surface area contributed by atoms with Gasteiger partial charge in [0.1, 0.15) is 0 Å². The van der Waals surface area contributed by atoms with Gasteiger partial charge >= 0.3 is 0 Å². The van der Waals surface area contributed by atoms with E-state index in [-0.39, 0.29) is 23.2 Å². The Balaban J connectivity index is 1.75. The summed E-state index contributed by atoms with van der Waals surface area (Å²) in [7, 11) is 0. The van der Waals surface area contributed by atoms with Crippen molar-refractivity contribution in [2.45, 2.75) is 62.5 Å². The van der Waals surface area contributed by atoms with E-state index in [1.54, 1.807) is 16.8 Å². The van der Waals surface area contributed by atoms with Crippen molar-refractivity contribution < 1.29 is 4.79 Å². The quantitative estimate of drug-likeness (QED) is 0.759. The maximum Gasteiger partial charge on any atom is 0.236 e. The fourth-order valence-electron chi connectivity index (χ4n) is 3.27. The summed E-state index contributed by atoms with van der Waals surface area (Å²) in [6.07, 6.45) is 3.31. The van der Waals surface area contributed by atoms with Crippen LogP contribution < -0.4 is 0 Å². The Labute approximate surface area is 156 Å². The van der Waals surface area contributed by atoms with E-state index < -0.39 is 0 Å². The molecule has 0 N–H and O–H groups in total. The molecule has 1 saturated heterocycles. The number of carbonyl (C=O) groups is 1. The van der Waals surface area contributed by atoms with Gasteiger partial charge in [-0.15, -0.1) is 5.10 Å². The predicted octanol–water partition coefficient (Wildman–Crippen LogP) is 3.59. The smallest absolute Gasteiger partial charge is 0.236 e. The molecule has 1 aliphatic heterocycles. The normalized spacial score (nSPS) is 22.0. The molecule has 3 rings (SSSR count). The molecule has 0 radical (unpaired) electrons. The van der Waals surface area contributed by atoms with Crippen LogP contribution in [0, 0.1) is 0 Å². The molecule has 0 aliphatic carbocycles. The Morgan fingerprint density at radius 3 is 2.52 bits per heavy atom. The Kier molecular flexibility index (Phi) is 5.64. The van der Waals surface area contributed by atoms with Gasteiger partial charge in [0, 0.05) is 17.1 Å². The molecule has 0 bridgehead atoms. The van der Waals surface area contributed by atoms with Gasteiger partial charge in [-0.25, -0.2) is 0 Å². The van der Waals surface area contributed by atoms with Crippen molar-refractivity contribution in [2.75, 3.05) is 0 Å². The topological polar surface area (TPSA) is 63.9 Å². The van der Waals surface area contributed by atoms with E-state index in [9.17, 15) is 4.79 Å². The minimum atomic E-state index is -0.250. The molecule has 1 aliphatic rings. The van der Waals surface area contributed by atoms with E-state index in [0.29, 0.717) is 10.2 Å². The molecule has 1 aromatic carbocycles. The highest BCUT2D eigenvalue weighted by Crippen LogP contribution is 2.29. The van der Waals surface area contributed by atoms with E-state index >= 15 is 0 Å². The van der Waals surface area contributed by atoms with E-state index in [1.807, 2.05) is 24.0 Å². The summed E-state index contributed by atoms with van der Waals surface area (Å²) in [5.74, 6) is 0.148. The maximum atomic E-state index is 12.9. The van der Waals surface area contributed by atoms with Crippen LogP contribution >= 0.6 is 23.4 Å². The van der Waals surface area contributed by atoms with E-state index in [2.05, 4.69) is 29.4 Å². The summed E-state index contributed by atoms with van der Waals surface area (Å²) in [4.78, 5) is 15.0. The van der Waals surface area contributed by atoms with Gasteiger partial charge < -0.3 is 4.90 Å². The largest absolute Gasteiger partial charge is 0.336 e. The lowest BCUT2D eigenvalue weighted by atomic mass is 9.97. The number of tetrazole rings is 1. The molecule has 0 saturated carbocycles. The third-order valence-electron chi connectivity index (χ3n) is 4.59. The molecule has 0 unspecified atom stereocenters. The molecule has 1 aromatic heterocycles. The second kappa shape index (κ2) is 7.74. The first kappa shape index (κ1) is 18.2.